The highest BCUT2D eigenvalue weighted by molar-refractivity contribution is 7.99. The molecule has 0 aliphatic carbocycles. The van der Waals surface area contributed by atoms with E-state index in [0.29, 0.717) is 14.9 Å². The SMILES string of the molecule is NCC(CSc1cc(Cl)ccc1Cl)C(F)(F)F. The zero-order chi connectivity index (χ0) is 13.1. The second kappa shape index (κ2) is 6.18. The largest absolute Gasteiger partial charge is 0.393 e. The summed E-state index contributed by atoms with van der Waals surface area (Å²) in [5.41, 5.74) is 5.10. The highest BCUT2D eigenvalue weighted by Gasteiger charge is 2.38. The quantitative estimate of drug-likeness (QED) is 0.843. The standard InChI is InChI=1S/C10H10Cl2F3NS/c11-7-1-2-8(12)9(3-7)17-5-6(4-16)10(13,14)15/h1-3,6H,4-5,16H2. The molecule has 1 nitrogen and oxygen atoms in total. The monoisotopic (exact) mass is 303 g/mol. The lowest BCUT2D eigenvalue weighted by Gasteiger charge is -2.18. The van der Waals surface area contributed by atoms with Gasteiger partial charge in [0.05, 0.1) is 10.9 Å². The highest BCUT2D eigenvalue weighted by atomic mass is 35.5. The molecular formula is C10H10Cl2F3NS. The molecule has 0 aliphatic heterocycles. The number of hydrogen-bond donors (Lipinski definition) is 1. The predicted molar refractivity (Wildman–Crippen MR) is 65.8 cm³/mol. The van der Waals surface area contributed by atoms with Gasteiger partial charge >= 0.3 is 6.18 Å². The fraction of sp³-hybridized carbons (Fsp3) is 0.400. The van der Waals surface area contributed by atoms with Crippen LogP contribution < -0.4 is 5.73 Å². The smallest absolute Gasteiger partial charge is 0.330 e. The van der Waals surface area contributed by atoms with E-state index in [-0.39, 0.29) is 5.75 Å². The summed E-state index contributed by atoms with van der Waals surface area (Å²) in [5, 5.41) is 0.825. The second-order valence-corrected chi connectivity index (χ2v) is 5.27. The molecule has 0 radical (unpaired) electrons. The van der Waals surface area contributed by atoms with Crippen LogP contribution in [0, 0.1) is 5.92 Å². The Morgan fingerprint density at radius 2 is 1.94 bits per heavy atom. The van der Waals surface area contributed by atoms with Gasteiger partial charge in [0, 0.05) is 22.2 Å². The summed E-state index contributed by atoms with van der Waals surface area (Å²) in [4.78, 5) is 0.530. The molecule has 0 amide bonds. The summed E-state index contributed by atoms with van der Waals surface area (Å²) in [6.45, 7) is -0.436. The molecule has 96 valence electrons. The third-order valence-electron chi connectivity index (χ3n) is 2.08. The van der Waals surface area contributed by atoms with Gasteiger partial charge in [0.2, 0.25) is 0 Å². The van der Waals surface area contributed by atoms with Crippen molar-refractivity contribution in [1.82, 2.24) is 0 Å². The summed E-state index contributed by atoms with van der Waals surface area (Å²) >= 11 is 12.6. The van der Waals surface area contributed by atoms with Crippen molar-refractivity contribution in [1.29, 1.82) is 0 Å². The Bertz CT molecular complexity index is 384. The van der Waals surface area contributed by atoms with Crippen molar-refractivity contribution in [2.45, 2.75) is 11.1 Å². The Labute approximate surface area is 111 Å². The molecule has 7 heteroatoms. The summed E-state index contributed by atoms with van der Waals surface area (Å²) in [6.07, 6.45) is -4.28. The van der Waals surface area contributed by atoms with Crippen LogP contribution in [0.4, 0.5) is 13.2 Å². The number of rotatable bonds is 4. The van der Waals surface area contributed by atoms with E-state index in [4.69, 9.17) is 28.9 Å². The van der Waals surface area contributed by atoms with Crippen molar-refractivity contribution in [2.75, 3.05) is 12.3 Å². The molecular weight excluding hydrogens is 294 g/mol. The molecule has 0 heterocycles. The summed E-state index contributed by atoms with van der Waals surface area (Å²) in [6, 6.07) is 4.67. The van der Waals surface area contributed by atoms with Crippen LogP contribution in [-0.4, -0.2) is 18.5 Å². The minimum Gasteiger partial charge on any atom is -0.330 e. The Morgan fingerprint density at radius 3 is 2.47 bits per heavy atom. The van der Waals surface area contributed by atoms with Crippen LogP contribution >= 0.6 is 35.0 Å². The van der Waals surface area contributed by atoms with Crippen molar-refractivity contribution in [3.05, 3.63) is 28.2 Å². The molecule has 1 rings (SSSR count). The minimum atomic E-state index is -4.28. The third kappa shape index (κ3) is 4.58. The lowest BCUT2D eigenvalue weighted by Crippen LogP contribution is -2.32. The van der Waals surface area contributed by atoms with E-state index >= 15 is 0 Å². The molecule has 0 bridgehead atoms. The Kier molecular flexibility index (Phi) is 5.44. The Hall–Kier alpha value is -0.100. The molecule has 1 atom stereocenters. The first kappa shape index (κ1) is 15.0. The molecule has 0 aromatic heterocycles. The molecule has 1 aromatic carbocycles. The molecule has 0 spiro atoms. The average molecular weight is 304 g/mol. The van der Waals surface area contributed by atoms with E-state index in [1.54, 1.807) is 18.2 Å². The van der Waals surface area contributed by atoms with Crippen molar-refractivity contribution in [2.24, 2.45) is 11.7 Å². The second-order valence-electron chi connectivity index (χ2n) is 3.36. The maximum Gasteiger partial charge on any atom is 0.393 e. The fourth-order valence-electron chi connectivity index (χ4n) is 1.07. The van der Waals surface area contributed by atoms with Crippen LogP contribution in [-0.2, 0) is 0 Å². The van der Waals surface area contributed by atoms with Crippen molar-refractivity contribution >= 4 is 35.0 Å². The fourth-order valence-corrected chi connectivity index (χ4v) is 2.71. The van der Waals surface area contributed by atoms with E-state index in [9.17, 15) is 13.2 Å². The first-order valence-electron chi connectivity index (χ1n) is 4.69. The molecule has 0 aliphatic rings. The van der Waals surface area contributed by atoms with Gasteiger partial charge in [-0.1, -0.05) is 23.2 Å². The van der Waals surface area contributed by atoms with Crippen molar-refractivity contribution in [3.8, 4) is 0 Å². The average Bonchev–Trinajstić information content (AvgIpc) is 2.22. The van der Waals surface area contributed by atoms with Crippen LogP contribution in [0.5, 0.6) is 0 Å². The van der Waals surface area contributed by atoms with E-state index in [2.05, 4.69) is 0 Å². The van der Waals surface area contributed by atoms with Gasteiger partial charge in [0.25, 0.3) is 0 Å². The first-order chi connectivity index (χ1) is 7.84. The van der Waals surface area contributed by atoms with E-state index < -0.39 is 18.6 Å². The van der Waals surface area contributed by atoms with Gasteiger partial charge < -0.3 is 5.73 Å². The van der Waals surface area contributed by atoms with Crippen LogP contribution in [0.1, 0.15) is 0 Å². The predicted octanol–water partition coefficient (Wildman–Crippen LogP) is 4.22. The van der Waals surface area contributed by atoms with Gasteiger partial charge in [0.15, 0.2) is 0 Å². The number of alkyl halides is 3. The van der Waals surface area contributed by atoms with Gasteiger partial charge in [0.1, 0.15) is 0 Å². The lowest BCUT2D eigenvalue weighted by atomic mass is 10.2. The third-order valence-corrected chi connectivity index (χ3v) is 3.98. The molecule has 17 heavy (non-hydrogen) atoms. The van der Waals surface area contributed by atoms with Gasteiger partial charge in [-0.2, -0.15) is 13.2 Å². The number of hydrogen-bond acceptors (Lipinski definition) is 2. The topological polar surface area (TPSA) is 26.0 Å². The molecule has 1 aromatic rings. The number of nitrogens with two attached hydrogens (primary N) is 1. The Balaban J connectivity index is 2.69. The highest BCUT2D eigenvalue weighted by Crippen LogP contribution is 2.35. The molecule has 0 saturated carbocycles. The summed E-state index contributed by atoms with van der Waals surface area (Å²) in [5.74, 6) is -1.71. The van der Waals surface area contributed by atoms with Crippen LogP contribution in [0.3, 0.4) is 0 Å². The molecule has 1 unspecified atom stereocenters. The number of benzene rings is 1. The summed E-state index contributed by atoms with van der Waals surface area (Å²) in [7, 11) is 0. The number of halogens is 5. The van der Waals surface area contributed by atoms with Gasteiger partial charge in [-0.3, -0.25) is 0 Å². The Morgan fingerprint density at radius 1 is 1.29 bits per heavy atom. The van der Waals surface area contributed by atoms with Gasteiger partial charge in [-0.15, -0.1) is 11.8 Å². The van der Waals surface area contributed by atoms with Crippen LogP contribution in [0.2, 0.25) is 10.0 Å². The zero-order valence-electron chi connectivity index (χ0n) is 8.60. The molecule has 0 fully saturated rings. The molecule has 2 N–H and O–H groups in total. The normalized spacial score (nSPS) is 13.8. The van der Waals surface area contributed by atoms with Crippen molar-refractivity contribution < 1.29 is 13.2 Å². The van der Waals surface area contributed by atoms with Crippen LogP contribution in [0.25, 0.3) is 0 Å². The zero-order valence-corrected chi connectivity index (χ0v) is 10.9. The van der Waals surface area contributed by atoms with E-state index in [1.165, 1.54) is 0 Å². The maximum absolute atomic E-state index is 12.5. The van der Waals surface area contributed by atoms with E-state index in [0.717, 1.165) is 11.8 Å². The van der Waals surface area contributed by atoms with Crippen LogP contribution in [0.15, 0.2) is 23.1 Å². The maximum atomic E-state index is 12.5. The van der Waals surface area contributed by atoms with E-state index in [1.807, 2.05) is 0 Å². The first-order valence-corrected chi connectivity index (χ1v) is 6.43. The minimum absolute atomic E-state index is 0.167. The molecule has 0 saturated heterocycles. The van der Waals surface area contributed by atoms with Gasteiger partial charge in [-0.05, 0) is 18.2 Å². The van der Waals surface area contributed by atoms with Crippen molar-refractivity contribution in [3.63, 3.8) is 0 Å². The van der Waals surface area contributed by atoms with Gasteiger partial charge in [-0.25, -0.2) is 0 Å². The number of thioether (sulfide) groups is 1. The lowest BCUT2D eigenvalue weighted by molar-refractivity contribution is -0.165. The summed E-state index contributed by atoms with van der Waals surface area (Å²) < 4.78 is 37.4.